The Morgan fingerprint density at radius 2 is 2.11 bits per heavy atom. The number of carbonyl (C=O) groups is 1. The third-order valence-corrected chi connectivity index (χ3v) is 2.94. The van der Waals surface area contributed by atoms with E-state index in [2.05, 4.69) is 24.3 Å². The molecule has 0 aliphatic carbocycles. The number of hydrogen-bond acceptors (Lipinski definition) is 4. The molecule has 0 radical (unpaired) electrons. The number of nitrogens with one attached hydrogen (secondary N) is 1. The van der Waals surface area contributed by atoms with Gasteiger partial charge in [0.2, 0.25) is 0 Å². The van der Waals surface area contributed by atoms with E-state index in [1.165, 1.54) is 0 Å². The third-order valence-electron chi connectivity index (χ3n) is 2.94. The maximum absolute atomic E-state index is 12.2. The van der Waals surface area contributed by atoms with Gasteiger partial charge in [-0.3, -0.25) is 10.6 Å². The summed E-state index contributed by atoms with van der Waals surface area (Å²) in [5.41, 5.74) is 3.61. The zero-order valence-corrected chi connectivity index (χ0v) is 11.5. The molecule has 0 fully saturated rings. The number of nitrogens with two attached hydrogens (primary N) is 1. The Morgan fingerprint density at radius 1 is 1.44 bits per heavy atom. The lowest BCUT2D eigenvalue weighted by Crippen LogP contribution is -2.36. The predicted molar refractivity (Wildman–Crippen MR) is 73.1 cm³/mol. The quantitative estimate of drug-likeness (QED) is 0.618. The van der Waals surface area contributed by atoms with Crippen molar-refractivity contribution in [2.45, 2.75) is 33.2 Å². The van der Waals surface area contributed by atoms with Crippen molar-refractivity contribution < 1.29 is 4.79 Å². The van der Waals surface area contributed by atoms with Crippen LogP contribution in [-0.4, -0.2) is 28.9 Å². The van der Waals surface area contributed by atoms with Gasteiger partial charge in [-0.1, -0.05) is 13.8 Å². The number of pyridine rings is 1. The minimum Gasteiger partial charge on any atom is -0.338 e. The molecule has 1 aromatic rings. The first-order valence-corrected chi connectivity index (χ1v) is 6.15. The monoisotopic (exact) mass is 250 g/mol. The van der Waals surface area contributed by atoms with E-state index < -0.39 is 0 Å². The molecule has 0 aliphatic heterocycles. The average molecular weight is 250 g/mol. The molecule has 100 valence electrons. The number of carbonyl (C=O) groups excluding carboxylic acids is 1. The topological polar surface area (TPSA) is 71.2 Å². The van der Waals surface area contributed by atoms with E-state index in [9.17, 15) is 4.79 Å². The summed E-state index contributed by atoms with van der Waals surface area (Å²) in [7, 11) is 1.81. The fraction of sp³-hybridized carbons (Fsp3) is 0.538. The molecule has 0 aliphatic rings. The van der Waals surface area contributed by atoms with Crippen molar-refractivity contribution in [3.63, 3.8) is 0 Å². The van der Waals surface area contributed by atoms with Gasteiger partial charge in [0.25, 0.3) is 5.91 Å². The molecule has 5 heteroatoms. The SMILES string of the molecule is CC(C)CC(C)N(C)C(=O)c1ccc(NN)cn1. The number of hydrogen-bond donors (Lipinski definition) is 2. The molecule has 1 amide bonds. The molecule has 0 spiro atoms. The summed E-state index contributed by atoms with van der Waals surface area (Å²) >= 11 is 0. The highest BCUT2D eigenvalue weighted by Gasteiger charge is 2.19. The number of nitrogens with zero attached hydrogens (tertiary/aromatic N) is 2. The maximum Gasteiger partial charge on any atom is 0.272 e. The summed E-state index contributed by atoms with van der Waals surface area (Å²) < 4.78 is 0. The van der Waals surface area contributed by atoms with Crippen LogP contribution in [0.4, 0.5) is 5.69 Å². The van der Waals surface area contributed by atoms with E-state index in [0.29, 0.717) is 17.3 Å². The smallest absolute Gasteiger partial charge is 0.272 e. The van der Waals surface area contributed by atoms with Crippen molar-refractivity contribution in [1.29, 1.82) is 0 Å². The Labute approximate surface area is 108 Å². The van der Waals surface area contributed by atoms with Crippen LogP contribution < -0.4 is 11.3 Å². The molecule has 1 unspecified atom stereocenters. The van der Waals surface area contributed by atoms with Crippen LogP contribution >= 0.6 is 0 Å². The zero-order chi connectivity index (χ0) is 13.7. The minimum absolute atomic E-state index is 0.0632. The molecule has 0 saturated heterocycles. The summed E-state index contributed by atoms with van der Waals surface area (Å²) in [5.74, 6) is 5.75. The number of rotatable bonds is 5. The van der Waals surface area contributed by atoms with E-state index in [0.717, 1.165) is 6.42 Å². The number of hydrazine groups is 1. The molecule has 0 saturated carbocycles. The van der Waals surface area contributed by atoms with Crippen molar-refractivity contribution in [2.24, 2.45) is 11.8 Å². The third kappa shape index (κ3) is 3.70. The number of anilines is 1. The van der Waals surface area contributed by atoms with Crippen molar-refractivity contribution in [1.82, 2.24) is 9.88 Å². The Kier molecular flexibility index (Phi) is 5.09. The number of amides is 1. The molecule has 1 atom stereocenters. The average Bonchev–Trinajstić information content (AvgIpc) is 2.36. The highest BCUT2D eigenvalue weighted by atomic mass is 16.2. The summed E-state index contributed by atoms with van der Waals surface area (Å²) in [4.78, 5) is 18.0. The van der Waals surface area contributed by atoms with Crippen LogP contribution in [-0.2, 0) is 0 Å². The van der Waals surface area contributed by atoms with Crippen molar-refractivity contribution >= 4 is 11.6 Å². The highest BCUT2D eigenvalue weighted by molar-refractivity contribution is 5.92. The molecule has 5 nitrogen and oxygen atoms in total. The van der Waals surface area contributed by atoms with Gasteiger partial charge in [0.1, 0.15) is 5.69 Å². The summed E-state index contributed by atoms with van der Waals surface area (Å²) in [6.07, 6.45) is 2.53. The van der Waals surface area contributed by atoms with Crippen molar-refractivity contribution in [3.05, 3.63) is 24.0 Å². The molecular formula is C13H22N4O. The van der Waals surface area contributed by atoms with Gasteiger partial charge in [-0.2, -0.15) is 0 Å². The van der Waals surface area contributed by atoms with E-state index in [-0.39, 0.29) is 11.9 Å². The fourth-order valence-corrected chi connectivity index (χ4v) is 1.83. The first-order chi connectivity index (χ1) is 8.45. The molecule has 1 aromatic heterocycles. The van der Waals surface area contributed by atoms with Gasteiger partial charge in [0.15, 0.2) is 0 Å². The van der Waals surface area contributed by atoms with Gasteiger partial charge in [0.05, 0.1) is 11.9 Å². The Balaban J connectivity index is 2.73. The molecule has 0 aromatic carbocycles. The van der Waals surface area contributed by atoms with Gasteiger partial charge in [-0.15, -0.1) is 0 Å². The van der Waals surface area contributed by atoms with E-state index >= 15 is 0 Å². The number of nitrogen functional groups attached to an aromatic ring is 1. The summed E-state index contributed by atoms with van der Waals surface area (Å²) in [6.45, 7) is 6.34. The first-order valence-electron chi connectivity index (χ1n) is 6.15. The zero-order valence-electron chi connectivity index (χ0n) is 11.5. The normalized spacial score (nSPS) is 12.3. The second-order valence-electron chi connectivity index (χ2n) is 4.97. The van der Waals surface area contributed by atoms with Crippen LogP contribution in [0.15, 0.2) is 18.3 Å². The van der Waals surface area contributed by atoms with E-state index in [1.54, 1.807) is 23.2 Å². The Hall–Kier alpha value is -1.62. The highest BCUT2D eigenvalue weighted by Crippen LogP contribution is 2.13. The second kappa shape index (κ2) is 6.35. The minimum atomic E-state index is -0.0632. The lowest BCUT2D eigenvalue weighted by Gasteiger charge is -2.26. The maximum atomic E-state index is 12.2. The van der Waals surface area contributed by atoms with Crippen LogP contribution in [0.5, 0.6) is 0 Å². The Bertz CT molecular complexity index is 388. The summed E-state index contributed by atoms with van der Waals surface area (Å²) in [5, 5.41) is 0. The predicted octanol–water partition coefficient (Wildman–Crippen LogP) is 1.87. The molecule has 18 heavy (non-hydrogen) atoms. The van der Waals surface area contributed by atoms with Crippen LogP contribution in [0, 0.1) is 5.92 Å². The molecule has 0 bridgehead atoms. The molecule has 1 heterocycles. The fourth-order valence-electron chi connectivity index (χ4n) is 1.83. The van der Waals surface area contributed by atoms with Gasteiger partial charge < -0.3 is 10.3 Å². The van der Waals surface area contributed by atoms with Crippen molar-refractivity contribution in [3.8, 4) is 0 Å². The van der Waals surface area contributed by atoms with Gasteiger partial charge in [-0.25, -0.2) is 4.98 Å². The lowest BCUT2D eigenvalue weighted by molar-refractivity contribution is 0.0722. The number of aromatic nitrogens is 1. The lowest BCUT2D eigenvalue weighted by atomic mass is 10.0. The van der Waals surface area contributed by atoms with Gasteiger partial charge >= 0.3 is 0 Å². The first kappa shape index (κ1) is 14.4. The van der Waals surface area contributed by atoms with E-state index in [1.807, 2.05) is 14.0 Å². The largest absolute Gasteiger partial charge is 0.338 e. The molecule has 3 N–H and O–H groups in total. The molecule has 1 rings (SSSR count). The van der Waals surface area contributed by atoms with Crippen molar-refractivity contribution in [2.75, 3.05) is 12.5 Å². The van der Waals surface area contributed by atoms with Crippen LogP contribution in [0.3, 0.4) is 0 Å². The van der Waals surface area contributed by atoms with Crippen LogP contribution in [0.25, 0.3) is 0 Å². The van der Waals surface area contributed by atoms with Crippen LogP contribution in [0.1, 0.15) is 37.7 Å². The van der Waals surface area contributed by atoms with Gasteiger partial charge in [0, 0.05) is 13.1 Å². The van der Waals surface area contributed by atoms with Gasteiger partial charge in [-0.05, 0) is 31.4 Å². The Morgan fingerprint density at radius 3 is 2.56 bits per heavy atom. The van der Waals surface area contributed by atoms with Crippen LogP contribution in [0.2, 0.25) is 0 Å². The standard InChI is InChI=1S/C13H22N4O/c1-9(2)7-10(3)17(4)13(18)12-6-5-11(16-14)8-15-12/h5-6,8-10,16H,7,14H2,1-4H3. The second-order valence-corrected chi connectivity index (χ2v) is 4.97. The summed E-state index contributed by atoms with van der Waals surface area (Å²) in [6, 6.07) is 3.61. The van der Waals surface area contributed by atoms with E-state index in [4.69, 9.17) is 5.84 Å². The molecular weight excluding hydrogens is 228 g/mol.